The fourth-order valence-corrected chi connectivity index (χ4v) is 5.58. The zero-order chi connectivity index (χ0) is 9.52. The quantitative estimate of drug-likeness (QED) is 0.526. The largest absolute Gasteiger partial charge is 1.00 e. The third kappa shape index (κ3) is 2.89. The van der Waals surface area contributed by atoms with Crippen LogP contribution in [0, 0.1) is 0 Å². The Hall–Kier alpha value is 1.33. The van der Waals surface area contributed by atoms with Gasteiger partial charge in [-0.3, -0.25) is 0 Å². The van der Waals surface area contributed by atoms with Gasteiger partial charge in [0.15, 0.2) is 0 Å². The third-order valence-corrected chi connectivity index (χ3v) is 8.27. The first-order chi connectivity index (χ1) is 5.36. The molecule has 0 nitrogen and oxygen atoms in total. The summed E-state index contributed by atoms with van der Waals surface area (Å²) < 4.78 is 0. The van der Waals surface area contributed by atoms with Gasteiger partial charge in [-0.25, -0.2) is 0 Å². The van der Waals surface area contributed by atoms with Crippen molar-refractivity contribution >= 4 is 8.07 Å². The van der Waals surface area contributed by atoms with Crippen LogP contribution in [-0.2, 0) is 0 Å². The molecular weight excluding hydrogens is 199 g/mol. The third-order valence-electron chi connectivity index (χ3n) is 3.83. The first-order valence-electron chi connectivity index (χ1n) is 4.98. The van der Waals surface area contributed by atoms with Crippen LogP contribution >= 0.6 is 0 Å². The predicted octanol–water partition coefficient (Wildman–Crippen LogP) is 0.657. The van der Waals surface area contributed by atoms with E-state index in [1.807, 2.05) is 0 Å². The van der Waals surface area contributed by atoms with Crippen LogP contribution in [0.25, 0.3) is 0 Å². The van der Waals surface area contributed by atoms with Crippen molar-refractivity contribution in [3.05, 3.63) is 22.4 Å². The second-order valence-electron chi connectivity index (χ2n) is 5.05. The predicted molar refractivity (Wildman–Crippen MR) is 60.4 cm³/mol. The van der Waals surface area contributed by atoms with Crippen LogP contribution in [0.1, 0.15) is 27.7 Å². The van der Waals surface area contributed by atoms with Crippen molar-refractivity contribution < 1.29 is 51.4 Å². The molecule has 0 aromatic heterocycles. The molecular formula is C11H21KSi. The molecule has 0 fully saturated rings. The van der Waals surface area contributed by atoms with Crippen molar-refractivity contribution in [2.24, 2.45) is 0 Å². The van der Waals surface area contributed by atoms with E-state index < -0.39 is 8.07 Å². The maximum atomic E-state index is 2.57. The molecule has 1 rings (SSSR count). The Balaban J connectivity index is 0.00000144. The van der Waals surface area contributed by atoms with Gasteiger partial charge in [0.1, 0.15) is 0 Å². The molecule has 1 unspecified atom stereocenters. The van der Waals surface area contributed by atoms with Crippen LogP contribution in [0.15, 0.2) is 22.4 Å². The van der Waals surface area contributed by atoms with E-state index in [0.717, 1.165) is 5.54 Å². The molecule has 1 aliphatic rings. The van der Waals surface area contributed by atoms with E-state index in [9.17, 15) is 0 Å². The summed E-state index contributed by atoms with van der Waals surface area (Å²) in [5.41, 5.74) is 8.11. The van der Waals surface area contributed by atoms with E-state index in [0.29, 0.717) is 0 Å². The molecule has 0 aromatic carbocycles. The van der Waals surface area contributed by atoms with Gasteiger partial charge in [-0.05, 0) is 0 Å². The number of rotatable bonds is 0. The normalized spacial score (nSPS) is 29.1. The molecule has 1 heterocycles. The van der Waals surface area contributed by atoms with Gasteiger partial charge in [-0.2, -0.15) is 0 Å². The number of hydrogen-bond acceptors (Lipinski definition) is 0. The molecule has 0 saturated carbocycles. The van der Waals surface area contributed by atoms with Crippen LogP contribution in [0.2, 0.25) is 18.6 Å². The zero-order valence-corrected chi connectivity index (χ0v) is 14.5. The van der Waals surface area contributed by atoms with Crippen molar-refractivity contribution in [2.45, 2.75) is 46.3 Å². The first kappa shape index (κ1) is 14.3. The van der Waals surface area contributed by atoms with Crippen LogP contribution in [0.4, 0.5) is 0 Å². The Morgan fingerprint density at radius 2 is 1.62 bits per heavy atom. The Bertz CT molecular complexity index is 261. The second-order valence-corrected chi connectivity index (χ2v) is 10.6. The molecule has 0 saturated heterocycles. The number of allylic oxidation sites excluding steroid dienone is 3. The van der Waals surface area contributed by atoms with E-state index in [1.54, 1.807) is 5.57 Å². The minimum atomic E-state index is -1.37. The van der Waals surface area contributed by atoms with Gasteiger partial charge in [-0.1, -0.05) is 0 Å². The van der Waals surface area contributed by atoms with Crippen LogP contribution < -0.4 is 51.4 Å². The van der Waals surface area contributed by atoms with Crippen LogP contribution in [0.3, 0.4) is 0 Å². The summed E-state index contributed by atoms with van der Waals surface area (Å²) in [5, 5.41) is 0. The van der Waals surface area contributed by atoms with Gasteiger partial charge in [-0.15, -0.1) is 0 Å². The molecule has 0 N–H and O–H groups in total. The smallest absolute Gasteiger partial charge is 1.00 e. The minimum absolute atomic E-state index is 0. The molecule has 0 radical (unpaired) electrons. The van der Waals surface area contributed by atoms with Gasteiger partial charge in [0.25, 0.3) is 0 Å². The van der Waals surface area contributed by atoms with Crippen molar-refractivity contribution in [3.8, 4) is 0 Å². The molecule has 13 heavy (non-hydrogen) atoms. The van der Waals surface area contributed by atoms with Crippen molar-refractivity contribution in [2.75, 3.05) is 0 Å². The Labute approximate surface area is 126 Å². The molecule has 0 aromatic rings. The van der Waals surface area contributed by atoms with Gasteiger partial charge < -0.3 is 0 Å². The monoisotopic (exact) mass is 220 g/mol. The molecule has 1 aliphatic heterocycles. The van der Waals surface area contributed by atoms with Gasteiger partial charge in [0, 0.05) is 0 Å². The first-order valence-corrected chi connectivity index (χ1v) is 8.62. The second kappa shape index (κ2) is 4.91. The average molecular weight is 220 g/mol. The molecule has 2 heteroatoms. The summed E-state index contributed by atoms with van der Waals surface area (Å²) in [7, 11) is -1.37. The summed E-state index contributed by atoms with van der Waals surface area (Å²) >= 11 is 0. The standard InChI is InChI=1S/C11H21Si.K/c1-8-7-12(5,6)11(4)10(3)9(8)2;/h7,11-12H,1-6H3;/q-1;+1. The summed E-state index contributed by atoms with van der Waals surface area (Å²) in [5.74, 6) is 0. The fourth-order valence-electron chi connectivity index (χ4n) is 2.21. The van der Waals surface area contributed by atoms with E-state index >= 15 is 0 Å². The van der Waals surface area contributed by atoms with Gasteiger partial charge >= 0.3 is 128 Å². The van der Waals surface area contributed by atoms with Crippen molar-refractivity contribution in [1.82, 2.24) is 0 Å². The fraction of sp³-hybridized carbons (Fsp3) is 0.636. The van der Waals surface area contributed by atoms with E-state index in [4.69, 9.17) is 0 Å². The average Bonchev–Trinajstić information content (AvgIpc) is 1.97. The summed E-state index contributed by atoms with van der Waals surface area (Å²) in [6, 6.07) is 0. The molecule has 1 atom stereocenters. The van der Waals surface area contributed by atoms with E-state index in [1.165, 1.54) is 11.1 Å². The van der Waals surface area contributed by atoms with Crippen molar-refractivity contribution in [1.29, 1.82) is 0 Å². The van der Waals surface area contributed by atoms with Gasteiger partial charge in [0.2, 0.25) is 0 Å². The van der Waals surface area contributed by atoms with Crippen LogP contribution in [0.5, 0.6) is 0 Å². The SMILES string of the molecule is CC1=C[SiH-](C)(C)C(C)C(C)=C1C.[K+]. The Kier molecular flexibility index (Phi) is 5.41. The minimum Gasteiger partial charge on any atom is 1.00 e. The maximum Gasteiger partial charge on any atom is 1.00 e. The summed E-state index contributed by atoms with van der Waals surface area (Å²) in [4.78, 5) is 0. The maximum absolute atomic E-state index is 2.57. The van der Waals surface area contributed by atoms with E-state index in [-0.39, 0.29) is 51.4 Å². The molecule has 0 aliphatic carbocycles. The van der Waals surface area contributed by atoms with Crippen LogP contribution in [-0.4, -0.2) is 8.07 Å². The molecule has 70 valence electrons. The van der Waals surface area contributed by atoms with Gasteiger partial charge in [0.05, 0.1) is 0 Å². The zero-order valence-electron chi connectivity index (χ0n) is 10.2. The Morgan fingerprint density at radius 3 is 2.08 bits per heavy atom. The summed E-state index contributed by atoms with van der Waals surface area (Å²) in [6.45, 7) is 14.2. The molecule has 0 spiro atoms. The summed E-state index contributed by atoms with van der Waals surface area (Å²) in [6.07, 6.45) is 0. The topological polar surface area (TPSA) is 0 Å². The molecule has 0 amide bonds. The molecule has 0 bridgehead atoms. The van der Waals surface area contributed by atoms with Crippen molar-refractivity contribution in [3.63, 3.8) is 0 Å². The van der Waals surface area contributed by atoms with E-state index in [2.05, 4.69) is 46.5 Å². The number of hydrogen-bond donors (Lipinski definition) is 0. The Morgan fingerprint density at radius 1 is 1.15 bits per heavy atom.